The number of hydrogen-bond donors (Lipinski definition) is 1. The Morgan fingerprint density at radius 1 is 1.27 bits per heavy atom. The Kier molecular flexibility index (Phi) is 5.40. The van der Waals surface area contributed by atoms with Crippen molar-refractivity contribution in [3.8, 4) is 5.75 Å². The van der Waals surface area contributed by atoms with Gasteiger partial charge in [-0.1, -0.05) is 18.2 Å². The number of amides is 1. The molecule has 1 amide bonds. The molecule has 3 aromatic rings. The highest BCUT2D eigenvalue weighted by Gasteiger charge is 2.43. The summed E-state index contributed by atoms with van der Waals surface area (Å²) in [6, 6.07) is 12.9. The van der Waals surface area contributed by atoms with Crippen molar-refractivity contribution in [2.75, 3.05) is 6.61 Å². The summed E-state index contributed by atoms with van der Waals surface area (Å²) in [7, 11) is 0. The average Bonchev–Trinajstić information content (AvgIpc) is 3.38. The maximum absolute atomic E-state index is 12.6. The number of alkyl halides is 3. The topological polar surface area (TPSA) is 56.2 Å². The van der Waals surface area contributed by atoms with Crippen LogP contribution in [-0.2, 0) is 11.3 Å². The molecular formula is C22H22F3N3O2. The standard InChI is InChI=1S/C22H22F3N3O2/c1-14(19-7-6-17(11-26-19)30-13-22(23,24)25)27-21(29)18-10-16(18)12-28-9-8-15-4-2-3-5-20(15)28/h2-9,11,14,16,18H,10,12-13H2,1H3,(H,27,29)/t14?,16-,18+/m0/s1. The van der Waals surface area contributed by atoms with Crippen molar-refractivity contribution in [2.45, 2.75) is 32.1 Å². The van der Waals surface area contributed by atoms with E-state index < -0.39 is 12.8 Å². The van der Waals surface area contributed by atoms with Crippen LogP contribution in [0.5, 0.6) is 5.75 Å². The van der Waals surface area contributed by atoms with Crippen LogP contribution in [0.3, 0.4) is 0 Å². The molecule has 8 heteroatoms. The molecule has 0 aliphatic heterocycles. The summed E-state index contributed by atoms with van der Waals surface area (Å²) >= 11 is 0. The van der Waals surface area contributed by atoms with Crippen molar-refractivity contribution in [2.24, 2.45) is 11.8 Å². The molecule has 3 atom stereocenters. The largest absolute Gasteiger partial charge is 0.483 e. The van der Waals surface area contributed by atoms with Gasteiger partial charge in [0.05, 0.1) is 17.9 Å². The average molecular weight is 417 g/mol. The number of pyridine rings is 1. The van der Waals surface area contributed by atoms with Crippen molar-refractivity contribution < 1.29 is 22.7 Å². The molecule has 4 rings (SSSR count). The minimum Gasteiger partial charge on any atom is -0.483 e. The fraction of sp³-hybridized carbons (Fsp3) is 0.364. The van der Waals surface area contributed by atoms with Crippen LogP contribution in [0, 0.1) is 11.8 Å². The molecule has 5 nitrogen and oxygen atoms in total. The molecule has 2 heterocycles. The quantitative estimate of drug-likeness (QED) is 0.616. The Morgan fingerprint density at radius 3 is 2.80 bits per heavy atom. The van der Waals surface area contributed by atoms with Crippen LogP contribution in [0.15, 0.2) is 54.9 Å². The molecule has 1 N–H and O–H groups in total. The van der Waals surface area contributed by atoms with E-state index in [1.807, 2.05) is 18.3 Å². The van der Waals surface area contributed by atoms with Gasteiger partial charge >= 0.3 is 6.18 Å². The number of aromatic nitrogens is 2. The van der Waals surface area contributed by atoms with Gasteiger partial charge in [-0.05, 0) is 48.9 Å². The lowest BCUT2D eigenvalue weighted by atomic mass is 10.2. The van der Waals surface area contributed by atoms with Crippen LogP contribution in [0.25, 0.3) is 10.9 Å². The minimum absolute atomic E-state index is 0.0249. The lowest BCUT2D eigenvalue weighted by Gasteiger charge is -2.14. The highest BCUT2D eigenvalue weighted by atomic mass is 19.4. The van der Waals surface area contributed by atoms with Gasteiger partial charge in [-0.3, -0.25) is 9.78 Å². The molecule has 0 spiro atoms. The van der Waals surface area contributed by atoms with Crippen LogP contribution in [0.2, 0.25) is 0 Å². The Hall–Kier alpha value is -3.03. The predicted molar refractivity (Wildman–Crippen MR) is 106 cm³/mol. The van der Waals surface area contributed by atoms with Gasteiger partial charge in [0, 0.05) is 24.2 Å². The van der Waals surface area contributed by atoms with Gasteiger partial charge in [-0.25, -0.2) is 0 Å². The first-order valence-electron chi connectivity index (χ1n) is 9.80. The zero-order valence-electron chi connectivity index (χ0n) is 16.4. The molecule has 1 saturated carbocycles. The molecule has 30 heavy (non-hydrogen) atoms. The third-order valence-electron chi connectivity index (χ3n) is 5.33. The monoisotopic (exact) mass is 417 g/mol. The van der Waals surface area contributed by atoms with E-state index in [1.54, 1.807) is 13.0 Å². The minimum atomic E-state index is -4.40. The Bertz CT molecular complexity index is 1030. The molecule has 1 aliphatic rings. The second-order valence-electron chi connectivity index (χ2n) is 7.68. The molecule has 1 unspecified atom stereocenters. The number of nitrogens with zero attached hydrogens (tertiary/aromatic N) is 2. The number of halogens is 3. The Labute approximate surface area is 171 Å². The number of rotatable bonds is 7. The van der Waals surface area contributed by atoms with E-state index >= 15 is 0 Å². The lowest BCUT2D eigenvalue weighted by molar-refractivity contribution is -0.153. The van der Waals surface area contributed by atoms with Crippen LogP contribution in [0.4, 0.5) is 13.2 Å². The van der Waals surface area contributed by atoms with E-state index in [0.717, 1.165) is 18.5 Å². The molecular weight excluding hydrogens is 395 g/mol. The van der Waals surface area contributed by atoms with Gasteiger partial charge in [0.1, 0.15) is 5.75 Å². The van der Waals surface area contributed by atoms with Crippen LogP contribution < -0.4 is 10.1 Å². The van der Waals surface area contributed by atoms with Gasteiger partial charge in [-0.2, -0.15) is 13.2 Å². The van der Waals surface area contributed by atoms with Crippen LogP contribution in [0.1, 0.15) is 25.1 Å². The summed E-state index contributed by atoms with van der Waals surface area (Å²) in [5.41, 5.74) is 1.73. The predicted octanol–water partition coefficient (Wildman–Crippen LogP) is 4.49. The summed E-state index contributed by atoms with van der Waals surface area (Å²) in [5.74, 6) is 0.265. The van der Waals surface area contributed by atoms with Crippen molar-refractivity contribution in [1.82, 2.24) is 14.9 Å². The summed E-state index contributed by atoms with van der Waals surface area (Å²) < 4.78 is 43.5. The highest BCUT2D eigenvalue weighted by Crippen LogP contribution is 2.41. The third-order valence-corrected chi connectivity index (χ3v) is 5.33. The van der Waals surface area contributed by atoms with Crippen molar-refractivity contribution in [1.29, 1.82) is 0 Å². The Balaban J connectivity index is 1.29. The maximum Gasteiger partial charge on any atom is 0.422 e. The van der Waals surface area contributed by atoms with E-state index in [1.165, 1.54) is 17.6 Å². The first-order valence-corrected chi connectivity index (χ1v) is 9.80. The summed E-state index contributed by atoms with van der Waals surface area (Å²) in [6.45, 7) is 1.23. The van der Waals surface area contributed by atoms with Gasteiger partial charge in [0.2, 0.25) is 5.91 Å². The summed E-state index contributed by atoms with van der Waals surface area (Å²) in [6.07, 6.45) is -0.274. The van der Waals surface area contributed by atoms with Gasteiger partial charge in [-0.15, -0.1) is 0 Å². The first kappa shape index (κ1) is 20.3. The normalized spacial score (nSPS) is 19.5. The molecule has 0 bridgehead atoms. The van der Waals surface area contributed by atoms with Crippen molar-refractivity contribution >= 4 is 16.8 Å². The fourth-order valence-corrected chi connectivity index (χ4v) is 3.62. The zero-order chi connectivity index (χ0) is 21.3. The number of carbonyl (C=O) groups excluding carboxylic acids is 1. The van der Waals surface area contributed by atoms with Crippen molar-refractivity contribution in [3.63, 3.8) is 0 Å². The van der Waals surface area contributed by atoms with E-state index in [4.69, 9.17) is 0 Å². The van der Waals surface area contributed by atoms with Gasteiger partial charge in [0.25, 0.3) is 0 Å². The van der Waals surface area contributed by atoms with Crippen LogP contribution in [-0.4, -0.2) is 28.2 Å². The van der Waals surface area contributed by atoms with E-state index in [9.17, 15) is 18.0 Å². The number of ether oxygens (including phenoxy) is 1. The molecule has 2 aromatic heterocycles. The second kappa shape index (κ2) is 8.01. The van der Waals surface area contributed by atoms with Gasteiger partial charge in [0.15, 0.2) is 6.61 Å². The van der Waals surface area contributed by atoms with E-state index in [-0.39, 0.29) is 23.6 Å². The highest BCUT2D eigenvalue weighted by molar-refractivity contribution is 5.82. The molecule has 1 fully saturated rings. The molecule has 0 saturated heterocycles. The number of para-hydroxylation sites is 1. The number of benzene rings is 1. The van der Waals surface area contributed by atoms with Gasteiger partial charge < -0.3 is 14.6 Å². The maximum atomic E-state index is 12.6. The van der Waals surface area contributed by atoms with E-state index in [2.05, 4.69) is 37.8 Å². The SMILES string of the molecule is CC(NC(=O)[C@@H]1C[C@H]1Cn1ccc2ccccc21)c1ccc(OCC(F)(F)F)cn1. The third kappa shape index (κ3) is 4.75. The smallest absolute Gasteiger partial charge is 0.422 e. The molecule has 0 radical (unpaired) electrons. The number of fused-ring (bicyclic) bond motifs is 1. The van der Waals surface area contributed by atoms with E-state index in [0.29, 0.717) is 11.6 Å². The first-order chi connectivity index (χ1) is 14.3. The second-order valence-corrected chi connectivity index (χ2v) is 7.68. The number of carbonyl (C=O) groups is 1. The number of hydrogen-bond acceptors (Lipinski definition) is 3. The van der Waals surface area contributed by atoms with Crippen molar-refractivity contribution in [3.05, 3.63) is 60.6 Å². The zero-order valence-corrected chi connectivity index (χ0v) is 16.4. The van der Waals surface area contributed by atoms with Crippen LogP contribution >= 0.6 is 0 Å². The molecule has 1 aromatic carbocycles. The molecule has 1 aliphatic carbocycles. The lowest BCUT2D eigenvalue weighted by Crippen LogP contribution is -2.29. The summed E-state index contributed by atoms with van der Waals surface area (Å²) in [5, 5.41) is 4.13. The summed E-state index contributed by atoms with van der Waals surface area (Å²) in [4.78, 5) is 16.7. The Morgan fingerprint density at radius 2 is 2.07 bits per heavy atom. The molecule has 158 valence electrons. The fourth-order valence-electron chi connectivity index (χ4n) is 3.62. The number of nitrogens with one attached hydrogen (secondary N) is 1.